The molecule has 1 aromatic carbocycles. The van der Waals surface area contributed by atoms with E-state index < -0.39 is 0 Å². The van der Waals surface area contributed by atoms with Crippen LogP contribution in [0.25, 0.3) is 0 Å². The molecule has 5 nitrogen and oxygen atoms in total. The van der Waals surface area contributed by atoms with E-state index >= 15 is 0 Å². The van der Waals surface area contributed by atoms with Crippen molar-refractivity contribution < 1.29 is 9.59 Å². The maximum Gasteiger partial charge on any atom is 0.239 e. The number of amides is 2. The molecule has 0 radical (unpaired) electrons. The molecule has 18 heavy (non-hydrogen) atoms. The van der Waals surface area contributed by atoms with Gasteiger partial charge in [0.2, 0.25) is 11.8 Å². The number of anilines is 2. The van der Waals surface area contributed by atoms with E-state index in [2.05, 4.69) is 16.0 Å². The predicted molar refractivity (Wildman–Crippen MR) is 72.7 cm³/mol. The van der Waals surface area contributed by atoms with Gasteiger partial charge in [0.1, 0.15) is 0 Å². The Morgan fingerprint density at radius 3 is 2.56 bits per heavy atom. The fraction of sp³-hybridized carbons (Fsp3) is 0.385. The molecule has 0 aliphatic heterocycles. The van der Waals surface area contributed by atoms with Crippen molar-refractivity contribution >= 4 is 23.2 Å². The molecule has 0 heterocycles. The third-order valence-corrected chi connectivity index (χ3v) is 2.56. The van der Waals surface area contributed by atoms with Crippen molar-refractivity contribution in [2.75, 3.05) is 24.2 Å². The first kappa shape index (κ1) is 14.0. The number of carbonyl (C=O) groups excluding carboxylic acids is 2. The molecule has 3 N–H and O–H groups in total. The Morgan fingerprint density at radius 1 is 1.22 bits per heavy atom. The van der Waals surface area contributed by atoms with E-state index in [0.29, 0.717) is 6.42 Å². The molecule has 0 aliphatic rings. The first-order valence-electron chi connectivity index (χ1n) is 5.91. The minimum atomic E-state index is -0.0882. The highest BCUT2D eigenvalue weighted by molar-refractivity contribution is 5.92. The maximum atomic E-state index is 11.4. The highest BCUT2D eigenvalue weighted by atomic mass is 16.2. The van der Waals surface area contributed by atoms with Gasteiger partial charge in [-0.15, -0.1) is 0 Å². The molecular formula is C13H19N3O2. The fourth-order valence-corrected chi connectivity index (χ4v) is 1.38. The van der Waals surface area contributed by atoms with E-state index in [9.17, 15) is 9.59 Å². The third kappa shape index (κ3) is 4.08. The zero-order valence-electron chi connectivity index (χ0n) is 11.0. The molecule has 5 heteroatoms. The Bertz CT molecular complexity index is 444. The van der Waals surface area contributed by atoms with Gasteiger partial charge in [0.15, 0.2) is 0 Å². The summed E-state index contributed by atoms with van der Waals surface area (Å²) in [5.41, 5.74) is 2.56. The number of hydrogen-bond acceptors (Lipinski definition) is 3. The van der Waals surface area contributed by atoms with Gasteiger partial charge in [-0.3, -0.25) is 9.59 Å². The van der Waals surface area contributed by atoms with Crippen LogP contribution in [0.5, 0.6) is 0 Å². The van der Waals surface area contributed by atoms with Crippen molar-refractivity contribution in [3.63, 3.8) is 0 Å². The molecule has 1 aromatic rings. The lowest BCUT2D eigenvalue weighted by molar-refractivity contribution is -0.119. The van der Waals surface area contributed by atoms with Gasteiger partial charge >= 0.3 is 0 Å². The average Bonchev–Trinajstić information content (AvgIpc) is 2.38. The molecule has 0 aromatic heterocycles. The summed E-state index contributed by atoms with van der Waals surface area (Å²) < 4.78 is 0. The average molecular weight is 249 g/mol. The molecule has 0 aliphatic carbocycles. The van der Waals surface area contributed by atoms with Crippen molar-refractivity contribution in [1.82, 2.24) is 5.32 Å². The standard InChI is InChI=1S/C13H19N3O2/c1-4-12(17)16-11-7-10(6-5-9(11)2)15-8-13(18)14-3/h5-7,15H,4,8H2,1-3H3,(H,14,18)(H,16,17). The number of likely N-dealkylation sites (N-methyl/N-ethyl adjacent to an activating group) is 1. The molecule has 0 unspecified atom stereocenters. The van der Waals surface area contributed by atoms with E-state index in [1.54, 1.807) is 14.0 Å². The number of carbonyl (C=O) groups is 2. The smallest absolute Gasteiger partial charge is 0.239 e. The minimum Gasteiger partial charge on any atom is -0.376 e. The molecule has 0 atom stereocenters. The number of hydrogen-bond donors (Lipinski definition) is 3. The molecule has 0 fully saturated rings. The van der Waals surface area contributed by atoms with E-state index in [0.717, 1.165) is 16.9 Å². The summed E-state index contributed by atoms with van der Waals surface area (Å²) in [6, 6.07) is 5.60. The zero-order valence-corrected chi connectivity index (χ0v) is 11.0. The first-order chi connectivity index (χ1) is 8.56. The monoisotopic (exact) mass is 249 g/mol. The van der Waals surface area contributed by atoms with Crippen molar-refractivity contribution in [3.8, 4) is 0 Å². The van der Waals surface area contributed by atoms with Crippen molar-refractivity contribution in [2.24, 2.45) is 0 Å². The maximum absolute atomic E-state index is 11.4. The summed E-state index contributed by atoms with van der Waals surface area (Å²) in [5, 5.41) is 8.34. The van der Waals surface area contributed by atoms with Gasteiger partial charge in [0, 0.05) is 24.8 Å². The van der Waals surface area contributed by atoms with Crippen LogP contribution in [0.1, 0.15) is 18.9 Å². The Kier molecular flexibility index (Phi) is 5.17. The second-order valence-corrected chi connectivity index (χ2v) is 3.96. The number of aryl methyl sites for hydroxylation is 1. The fourth-order valence-electron chi connectivity index (χ4n) is 1.38. The molecule has 0 spiro atoms. The summed E-state index contributed by atoms with van der Waals surface area (Å²) in [7, 11) is 1.59. The van der Waals surface area contributed by atoms with E-state index in [-0.39, 0.29) is 18.4 Å². The lowest BCUT2D eigenvalue weighted by Gasteiger charge is -2.11. The first-order valence-corrected chi connectivity index (χ1v) is 5.91. The van der Waals surface area contributed by atoms with Gasteiger partial charge < -0.3 is 16.0 Å². The van der Waals surface area contributed by atoms with Gasteiger partial charge in [-0.25, -0.2) is 0 Å². The minimum absolute atomic E-state index is 0.0263. The van der Waals surface area contributed by atoms with Gasteiger partial charge in [-0.1, -0.05) is 13.0 Å². The summed E-state index contributed by atoms with van der Waals surface area (Å²) >= 11 is 0. The quantitative estimate of drug-likeness (QED) is 0.740. The number of benzene rings is 1. The molecule has 0 bridgehead atoms. The third-order valence-electron chi connectivity index (χ3n) is 2.56. The number of rotatable bonds is 5. The molecule has 2 amide bonds. The SMILES string of the molecule is CCC(=O)Nc1cc(NCC(=O)NC)ccc1C. The van der Waals surface area contributed by atoms with E-state index in [4.69, 9.17) is 0 Å². The van der Waals surface area contributed by atoms with Gasteiger partial charge in [-0.2, -0.15) is 0 Å². The van der Waals surface area contributed by atoms with Crippen LogP contribution in [-0.4, -0.2) is 25.4 Å². The highest BCUT2D eigenvalue weighted by Gasteiger charge is 2.04. The molecule has 0 saturated heterocycles. The summed E-state index contributed by atoms with van der Waals surface area (Å²) in [4.78, 5) is 22.5. The Morgan fingerprint density at radius 2 is 1.94 bits per heavy atom. The van der Waals surface area contributed by atoms with Crippen LogP contribution in [0.3, 0.4) is 0 Å². The Balaban J connectivity index is 2.74. The second kappa shape index (κ2) is 6.64. The highest BCUT2D eigenvalue weighted by Crippen LogP contribution is 2.20. The summed E-state index contributed by atoms with van der Waals surface area (Å²) in [5.74, 6) is -0.115. The van der Waals surface area contributed by atoms with Gasteiger partial charge in [-0.05, 0) is 24.6 Å². The van der Waals surface area contributed by atoms with Crippen molar-refractivity contribution in [3.05, 3.63) is 23.8 Å². The van der Waals surface area contributed by atoms with Crippen LogP contribution < -0.4 is 16.0 Å². The van der Waals surface area contributed by atoms with E-state index in [1.807, 2.05) is 25.1 Å². The summed E-state index contributed by atoms with van der Waals surface area (Å²) in [6.07, 6.45) is 0.440. The summed E-state index contributed by atoms with van der Waals surface area (Å²) in [6.45, 7) is 3.94. The van der Waals surface area contributed by atoms with Crippen LogP contribution in [0, 0.1) is 6.92 Å². The van der Waals surface area contributed by atoms with Gasteiger partial charge in [0.05, 0.1) is 6.54 Å². The molecule has 1 rings (SSSR count). The largest absolute Gasteiger partial charge is 0.376 e. The Hall–Kier alpha value is -2.04. The molecule has 98 valence electrons. The lowest BCUT2D eigenvalue weighted by atomic mass is 10.1. The van der Waals surface area contributed by atoms with Gasteiger partial charge in [0.25, 0.3) is 0 Å². The molecular weight excluding hydrogens is 230 g/mol. The number of nitrogens with one attached hydrogen (secondary N) is 3. The van der Waals surface area contributed by atoms with Crippen LogP contribution in [-0.2, 0) is 9.59 Å². The van der Waals surface area contributed by atoms with E-state index in [1.165, 1.54) is 0 Å². The van der Waals surface area contributed by atoms with Crippen LogP contribution in [0.2, 0.25) is 0 Å². The van der Waals surface area contributed by atoms with Crippen molar-refractivity contribution in [2.45, 2.75) is 20.3 Å². The second-order valence-electron chi connectivity index (χ2n) is 3.96. The van der Waals surface area contributed by atoms with Crippen LogP contribution >= 0.6 is 0 Å². The Labute approximate surface area is 107 Å². The predicted octanol–water partition coefficient (Wildman–Crippen LogP) is 1.50. The van der Waals surface area contributed by atoms with Crippen LogP contribution in [0.15, 0.2) is 18.2 Å². The normalized spacial score (nSPS) is 9.72. The van der Waals surface area contributed by atoms with Crippen molar-refractivity contribution in [1.29, 1.82) is 0 Å². The zero-order chi connectivity index (χ0) is 13.5. The topological polar surface area (TPSA) is 70.2 Å². The molecule has 0 saturated carbocycles. The lowest BCUT2D eigenvalue weighted by Crippen LogP contribution is -2.26. The van der Waals surface area contributed by atoms with Crippen LogP contribution in [0.4, 0.5) is 11.4 Å².